The highest BCUT2D eigenvalue weighted by Crippen LogP contribution is 2.53. The maximum atomic E-state index is 14.9. The van der Waals surface area contributed by atoms with Crippen molar-refractivity contribution in [1.29, 1.82) is 0 Å². The van der Waals surface area contributed by atoms with E-state index in [4.69, 9.17) is 0 Å². The Morgan fingerprint density at radius 2 is 1.63 bits per heavy atom. The van der Waals surface area contributed by atoms with Crippen molar-refractivity contribution < 1.29 is 30.9 Å². The summed E-state index contributed by atoms with van der Waals surface area (Å²) in [5.41, 5.74) is 3.46. The maximum Gasteiger partial charge on any atom is 0.417 e. The van der Waals surface area contributed by atoms with Crippen molar-refractivity contribution in [3.8, 4) is 22.4 Å². The SMILES string of the molecule is C=C1C2C(CCc3c(ccc(C(F)(F)F)c3C(F)(F)F)-c3cc(-c4ccccc4)c(C)c[n+]31)c1cccc3c1C1N(C=CN21)CC3. The molecule has 46 heavy (non-hydrogen) atoms. The average molecular weight is 631 g/mol. The molecule has 5 heterocycles. The van der Waals surface area contributed by atoms with Gasteiger partial charge in [0.2, 0.25) is 11.4 Å². The molecular formula is C37H30F6N3+. The molecule has 0 N–H and O–H groups in total. The minimum absolute atomic E-state index is 0.0719. The van der Waals surface area contributed by atoms with E-state index in [-0.39, 0.29) is 42.1 Å². The van der Waals surface area contributed by atoms with Gasteiger partial charge >= 0.3 is 12.4 Å². The molecule has 234 valence electrons. The van der Waals surface area contributed by atoms with Gasteiger partial charge < -0.3 is 9.80 Å². The Hall–Kier alpha value is -4.53. The van der Waals surface area contributed by atoms with Crippen molar-refractivity contribution in [3.05, 3.63) is 131 Å². The summed E-state index contributed by atoms with van der Waals surface area (Å²) in [5.74, 6) is -0.308. The zero-order valence-electron chi connectivity index (χ0n) is 25.0. The van der Waals surface area contributed by atoms with Crippen molar-refractivity contribution in [3.63, 3.8) is 0 Å². The predicted octanol–water partition coefficient (Wildman–Crippen LogP) is 8.88. The number of rotatable bonds is 1. The van der Waals surface area contributed by atoms with E-state index in [2.05, 4.69) is 28.6 Å². The minimum atomic E-state index is -5.22. The lowest BCUT2D eigenvalue weighted by molar-refractivity contribution is -0.574. The van der Waals surface area contributed by atoms with Crippen LogP contribution >= 0.6 is 0 Å². The van der Waals surface area contributed by atoms with E-state index >= 15 is 0 Å². The Balaban J connectivity index is 1.44. The van der Waals surface area contributed by atoms with Crippen LogP contribution in [-0.4, -0.2) is 22.4 Å². The van der Waals surface area contributed by atoms with Gasteiger partial charge in [0.25, 0.3) is 0 Å². The van der Waals surface area contributed by atoms with Gasteiger partial charge in [0.05, 0.1) is 16.7 Å². The van der Waals surface area contributed by atoms with Crippen LogP contribution in [-0.2, 0) is 25.2 Å². The van der Waals surface area contributed by atoms with Crippen molar-refractivity contribution in [1.82, 2.24) is 9.80 Å². The van der Waals surface area contributed by atoms with Gasteiger partial charge in [-0.1, -0.05) is 48.5 Å². The summed E-state index contributed by atoms with van der Waals surface area (Å²) in [6, 6.07) is 18.8. The number of alkyl halides is 6. The van der Waals surface area contributed by atoms with E-state index in [1.54, 1.807) is 0 Å². The predicted molar refractivity (Wildman–Crippen MR) is 163 cm³/mol. The zero-order valence-corrected chi connectivity index (χ0v) is 25.0. The fourth-order valence-electron chi connectivity index (χ4n) is 8.26. The molecule has 4 aromatic rings. The molecule has 3 unspecified atom stereocenters. The summed E-state index contributed by atoms with van der Waals surface area (Å²) in [4.78, 5) is 4.53. The lowest BCUT2D eigenvalue weighted by Gasteiger charge is -2.48. The van der Waals surface area contributed by atoms with Crippen LogP contribution in [0, 0.1) is 6.92 Å². The molecule has 3 nitrogen and oxygen atoms in total. The largest absolute Gasteiger partial charge is 0.417 e. The third-order valence-corrected chi connectivity index (χ3v) is 10.2. The highest BCUT2D eigenvalue weighted by molar-refractivity contribution is 5.75. The summed E-state index contributed by atoms with van der Waals surface area (Å²) in [6.07, 6.45) is -3.62. The molecule has 9 heteroatoms. The number of aryl methyl sites for hydroxylation is 1. The third kappa shape index (κ3) is 4.23. The molecule has 4 aliphatic heterocycles. The molecule has 0 spiro atoms. The number of benzene rings is 3. The highest BCUT2D eigenvalue weighted by atomic mass is 19.4. The summed E-state index contributed by atoms with van der Waals surface area (Å²) in [7, 11) is 0. The Morgan fingerprint density at radius 3 is 2.37 bits per heavy atom. The number of pyridine rings is 1. The van der Waals surface area contributed by atoms with Crippen LogP contribution < -0.4 is 4.57 Å². The fourth-order valence-corrected chi connectivity index (χ4v) is 8.26. The standard InChI is InChI=1S/C37H30F6N3/c1-21-20-46-22(2)34-28(26-10-6-9-24-15-16-44-17-18-45(34)35(44)32(24)26)12-11-27-25(31(46)19-29(21)23-7-4-3-5-8-23)13-14-30(36(38,39)40)33(27)37(41,42)43/h3-10,13-14,17-20,28,34-35H,2,11-12,15-16H2,1H3/q+1. The Labute approximate surface area is 262 Å². The quantitative estimate of drug-likeness (QED) is 0.154. The second-order valence-corrected chi connectivity index (χ2v) is 12.6. The molecular weight excluding hydrogens is 600 g/mol. The third-order valence-electron chi connectivity index (χ3n) is 10.2. The molecule has 0 radical (unpaired) electrons. The van der Waals surface area contributed by atoms with E-state index in [0.29, 0.717) is 17.5 Å². The van der Waals surface area contributed by atoms with Crippen LogP contribution in [0.3, 0.4) is 0 Å². The van der Waals surface area contributed by atoms with E-state index in [9.17, 15) is 26.3 Å². The monoisotopic (exact) mass is 630 g/mol. The lowest BCUT2D eigenvalue weighted by atomic mass is 9.75. The number of hydrogen-bond acceptors (Lipinski definition) is 2. The smallest absolute Gasteiger partial charge is 0.352 e. The van der Waals surface area contributed by atoms with E-state index in [0.717, 1.165) is 40.8 Å². The van der Waals surface area contributed by atoms with Gasteiger partial charge in [0, 0.05) is 42.1 Å². The number of fused-ring (bicyclic) bond motifs is 6. The summed E-state index contributed by atoms with van der Waals surface area (Å²) in [5, 5.41) is 0. The second kappa shape index (κ2) is 9.98. The van der Waals surface area contributed by atoms with Crippen LogP contribution in [0.15, 0.2) is 91.9 Å². The molecule has 3 atom stereocenters. The van der Waals surface area contributed by atoms with Gasteiger partial charge in [0.1, 0.15) is 12.2 Å². The average Bonchev–Trinajstić information content (AvgIpc) is 3.47. The molecule has 0 saturated heterocycles. The van der Waals surface area contributed by atoms with Gasteiger partial charge in [-0.05, 0) is 72.7 Å². The van der Waals surface area contributed by atoms with Gasteiger partial charge in [-0.25, -0.2) is 0 Å². The number of halogens is 6. The first-order chi connectivity index (χ1) is 21.9. The lowest BCUT2D eigenvalue weighted by Crippen LogP contribution is -2.53. The Bertz CT molecular complexity index is 1940. The second-order valence-electron chi connectivity index (χ2n) is 12.6. The Morgan fingerprint density at radius 1 is 0.848 bits per heavy atom. The molecule has 0 bridgehead atoms. The van der Waals surface area contributed by atoms with Gasteiger partial charge in [0.15, 0.2) is 6.20 Å². The fraction of sp³-hybridized carbons (Fsp3) is 0.270. The van der Waals surface area contributed by atoms with Gasteiger partial charge in [-0.3, -0.25) is 0 Å². The first-order valence-electron chi connectivity index (χ1n) is 15.4. The topological polar surface area (TPSA) is 10.4 Å². The van der Waals surface area contributed by atoms with Crippen LogP contribution in [0.5, 0.6) is 0 Å². The molecule has 8 rings (SSSR count). The normalized spacial score (nSPS) is 21.5. The molecule has 3 aromatic carbocycles. The molecule has 0 amide bonds. The number of nitrogens with zero attached hydrogens (tertiary/aromatic N) is 3. The van der Waals surface area contributed by atoms with Crippen LogP contribution in [0.4, 0.5) is 26.3 Å². The van der Waals surface area contributed by atoms with Gasteiger partial charge in [-0.15, -0.1) is 0 Å². The van der Waals surface area contributed by atoms with Crippen LogP contribution in [0.25, 0.3) is 28.1 Å². The highest BCUT2D eigenvalue weighted by Gasteiger charge is 2.51. The van der Waals surface area contributed by atoms with E-state index in [1.165, 1.54) is 11.6 Å². The van der Waals surface area contributed by atoms with Crippen LogP contribution in [0.1, 0.15) is 57.4 Å². The minimum Gasteiger partial charge on any atom is -0.352 e. The Kier molecular flexibility index (Phi) is 6.27. The first kappa shape index (κ1) is 28.9. The van der Waals surface area contributed by atoms with Crippen molar-refractivity contribution in [2.45, 2.75) is 56.7 Å². The van der Waals surface area contributed by atoms with Crippen molar-refractivity contribution in [2.75, 3.05) is 6.54 Å². The molecule has 0 fully saturated rings. The molecule has 0 aliphatic carbocycles. The van der Waals surface area contributed by atoms with E-state index < -0.39 is 23.5 Å². The number of aromatic nitrogens is 1. The van der Waals surface area contributed by atoms with Crippen molar-refractivity contribution >= 4 is 5.70 Å². The zero-order chi connectivity index (χ0) is 32.1. The summed E-state index contributed by atoms with van der Waals surface area (Å²) < 4.78 is 89.2. The summed E-state index contributed by atoms with van der Waals surface area (Å²) in [6.45, 7) is 7.36. The molecule has 4 aliphatic rings. The van der Waals surface area contributed by atoms with Crippen LogP contribution in [0.2, 0.25) is 0 Å². The number of hydrogen-bond donors (Lipinski definition) is 0. The van der Waals surface area contributed by atoms with E-state index in [1.807, 2.05) is 72.4 Å². The first-order valence-corrected chi connectivity index (χ1v) is 15.4. The van der Waals surface area contributed by atoms with Gasteiger partial charge in [-0.2, -0.15) is 30.9 Å². The molecule has 1 aromatic heterocycles. The molecule has 0 saturated carbocycles. The summed E-state index contributed by atoms with van der Waals surface area (Å²) >= 11 is 0. The maximum absolute atomic E-state index is 14.9. The van der Waals surface area contributed by atoms with Crippen molar-refractivity contribution in [2.24, 2.45) is 0 Å².